The number of benzene rings is 7. The number of fused-ring (bicyclic) bond motifs is 2. The van der Waals surface area contributed by atoms with Crippen LogP contribution in [0, 0.1) is 0 Å². The molecule has 4 N–H and O–H groups in total. The second-order valence-electron chi connectivity index (χ2n) is 13.3. The van der Waals surface area contributed by atoms with Crippen molar-refractivity contribution in [2.45, 2.75) is 0 Å². The molecule has 0 aliphatic carbocycles. The number of nitrogens with zero attached hydrogens (tertiary/aromatic N) is 2. The summed E-state index contributed by atoms with van der Waals surface area (Å²) in [6.45, 7) is 0. The summed E-state index contributed by atoms with van der Waals surface area (Å²) in [4.78, 5) is 56.8. The van der Waals surface area contributed by atoms with E-state index >= 15 is 0 Å². The second kappa shape index (κ2) is 12.6. The molecule has 0 atom stereocenters. The number of nitrogen functional groups attached to an aromatic ring is 2. The molecular formula is C46H30N4O4. The number of rotatable bonds is 6. The Morgan fingerprint density at radius 1 is 0.315 bits per heavy atom. The van der Waals surface area contributed by atoms with Crippen LogP contribution in [0.15, 0.2) is 158 Å². The first-order valence-electron chi connectivity index (χ1n) is 17.3. The van der Waals surface area contributed by atoms with Gasteiger partial charge in [-0.1, -0.05) is 91.0 Å². The number of nitrogens with two attached hydrogens (primary N) is 2. The van der Waals surface area contributed by atoms with Crippen molar-refractivity contribution in [1.82, 2.24) is 0 Å². The zero-order chi connectivity index (χ0) is 37.1. The van der Waals surface area contributed by atoms with Gasteiger partial charge in [0.05, 0.1) is 33.6 Å². The third kappa shape index (κ3) is 5.32. The second-order valence-corrected chi connectivity index (χ2v) is 13.3. The Hall–Kier alpha value is -7.58. The van der Waals surface area contributed by atoms with E-state index in [1.807, 2.05) is 91.0 Å². The summed E-state index contributed by atoms with van der Waals surface area (Å²) in [5.74, 6) is -1.49. The van der Waals surface area contributed by atoms with Gasteiger partial charge in [0, 0.05) is 16.9 Å². The van der Waals surface area contributed by atoms with Gasteiger partial charge in [-0.15, -0.1) is 0 Å². The molecule has 7 aromatic carbocycles. The first kappa shape index (κ1) is 32.3. The van der Waals surface area contributed by atoms with E-state index in [1.165, 1.54) is 9.80 Å². The molecule has 2 heterocycles. The lowest BCUT2D eigenvalue weighted by Crippen LogP contribution is -2.29. The van der Waals surface area contributed by atoms with Crippen LogP contribution in [0.3, 0.4) is 0 Å². The van der Waals surface area contributed by atoms with E-state index in [0.29, 0.717) is 45.0 Å². The minimum atomic E-state index is -0.378. The Kier molecular flexibility index (Phi) is 7.53. The predicted octanol–water partition coefficient (Wildman–Crippen LogP) is 9.12. The number of carbonyl (C=O) groups excluding carboxylic acids is 4. The lowest BCUT2D eigenvalue weighted by molar-refractivity contribution is 0.0910. The number of anilines is 4. The highest BCUT2D eigenvalue weighted by atomic mass is 16.2. The Balaban J connectivity index is 0.951. The zero-order valence-electron chi connectivity index (χ0n) is 28.7. The van der Waals surface area contributed by atoms with E-state index in [9.17, 15) is 19.2 Å². The molecule has 0 saturated carbocycles. The summed E-state index contributed by atoms with van der Waals surface area (Å²) >= 11 is 0. The van der Waals surface area contributed by atoms with Crippen molar-refractivity contribution in [3.63, 3.8) is 0 Å². The fourth-order valence-electron chi connectivity index (χ4n) is 7.20. The van der Waals surface area contributed by atoms with Crippen LogP contribution >= 0.6 is 0 Å². The topological polar surface area (TPSA) is 127 Å². The van der Waals surface area contributed by atoms with E-state index in [0.717, 1.165) is 44.5 Å². The summed E-state index contributed by atoms with van der Waals surface area (Å²) in [6, 6.07) is 47.8. The molecule has 0 aromatic heterocycles. The van der Waals surface area contributed by atoms with Crippen LogP contribution < -0.4 is 21.3 Å². The summed E-state index contributed by atoms with van der Waals surface area (Å²) in [6.07, 6.45) is 0. The molecule has 0 saturated heterocycles. The Labute approximate surface area is 310 Å². The fraction of sp³-hybridized carbons (Fsp3) is 0. The molecule has 0 fully saturated rings. The molecular weight excluding hydrogens is 673 g/mol. The van der Waals surface area contributed by atoms with Gasteiger partial charge in [0.15, 0.2) is 0 Å². The molecule has 258 valence electrons. The van der Waals surface area contributed by atoms with Gasteiger partial charge in [-0.05, 0) is 106 Å². The van der Waals surface area contributed by atoms with E-state index < -0.39 is 0 Å². The van der Waals surface area contributed by atoms with Crippen LogP contribution in [-0.4, -0.2) is 23.6 Å². The van der Waals surface area contributed by atoms with Crippen molar-refractivity contribution in [3.8, 4) is 44.5 Å². The summed E-state index contributed by atoms with van der Waals surface area (Å²) < 4.78 is 0. The molecule has 0 unspecified atom stereocenters. The molecule has 2 aliphatic rings. The average molecular weight is 703 g/mol. The first-order chi connectivity index (χ1) is 26.2. The van der Waals surface area contributed by atoms with Crippen LogP contribution in [0.1, 0.15) is 41.4 Å². The van der Waals surface area contributed by atoms with Crippen LogP contribution in [0.4, 0.5) is 22.7 Å². The number of hydrogen-bond donors (Lipinski definition) is 2. The standard InChI is InChI=1S/C46H30N4O4/c47-34-17-9-29(10-18-34)32-15-23-38-40(25-32)45(53)49(43(38)51)36-21-13-28(14-22-36)27-5-7-31(8-6-27)37-3-1-2-4-42(37)50-44(52)39-24-16-33(26-41(39)46(50)54)30-11-19-35(48)20-12-30/h1-26H,47-48H2. The van der Waals surface area contributed by atoms with Crippen molar-refractivity contribution in [2.24, 2.45) is 0 Å². The van der Waals surface area contributed by atoms with Gasteiger partial charge in [0.2, 0.25) is 0 Å². The van der Waals surface area contributed by atoms with Crippen molar-refractivity contribution < 1.29 is 19.2 Å². The Bertz CT molecular complexity index is 2680. The molecule has 8 nitrogen and oxygen atoms in total. The smallest absolute Gasteiger partial charge is 0.266 e. The molecule has 4 amide bonds. The molecule has 7 aromatic rings. The molecule has 54 heavy (non-hydrogen) atoms. The Morgan fingerprint density at radius 2 is 0.685 bits per heavy atom. The highest BCUT2D eigenvalue weighted by Crippen LogP contribution is 2.39. The number of amides is 4. The molecule has 8 heteroatoms. The van der Waals surface area contributed by atoms with E-state index in [4.69, 9.17) is 11.5 Å². The summed E-state index contributed by atoms with van der Waals surface area (Å²) in [7, 11) is 0. The molecule has 2 aliphatic heterocycles. The van der Waals surface area contributed by atoms with Crippen LogP contribution in [0.25, 0.3) is 44.5 Å². The largest absolute Gasteiger partial charge is 0.399 e. The van der Waals surface area contributed by atoms with E-state index in [-0.39, 0.29) is 23.6 Å². The highest BCUT2D eigenvalue weighted by Gasteiger charge is 2.39. The average Bonchev–Trinajstić information content (AvgIpc) is 3.61. The maximum Gasteiger partial charge on any atom is 0.266 e. The number of hydrogen-bond acceptors (Lipinski definition) is 6. The van der Waals surface area contributed by atoms with Crippen molar-refractivity contribution >= 4 is 46.4 Å². The summed E-state index contributed by atoms with van der Waals surface area (Å²) in [5.41, 5.74) is 22.2. The fourth-order valence-corrected chi connectivity index (χ4v) is 7.20. The van der Waals surface area contributed by atoms with E-state index in [2.05, 4.69) is 0 Å². The lowest BCUT2D eigenvalue weighted by Gasteiger charge is -2.18. The van der Waals surface area contributed by atoms with Crippen LogP contribution in [0.2, 0.25) is 0 Å². The minimum Gasteiger partial charge on any atom is -0.399 e. The van der Waals surface area contributed by atoms with Crippen molar-refractivity contribution in [1.29, 1.82) is 0 Å². The third-order valence-electron chi connectivity index (χ3n) is 10.1. The first-order valence-corrected chi connectivity index (χ1v) is 17.3. The van der Waals surface area contributed by atoms with Gasteiger partial charge in [0.25, 0.3) is 23.6 Å². The van der Waals surface area contributed by atoms with Gasteiger partial charge in [-0.25, -0.2) is 9.80 Å². The minimum absolute atomic E-state index is 0.354. The molecule has 9 rings (SSSR count). The normalized spacial score (nSPS) is 13.4. The van der Waals surface area contributed by atoms with Gasteiger partial charge in [-0.2, -0.15) is 0 Å². The van der Waals surface area contributed by atoms with Crippen molar-refractivity contribution in [3.05, 3.63) is 180 Å². The van der Waals surface area contributed by atoms with E-state index in [1.54, 1.807) is 66.7 Å². The van der Waals surface area contributed by atoms with Crippen LogP contribution in [-0.2, 0) is 0 Å². The number of carbonyl (C=O) groups is 4. The van der Waals surface area contributed by atoms with Gasteiger partial charge >= 0.3 is 0 Å². The monoisotopic (exact) mass is 702 g/mol. The Morgan fingerprint density at radius 3 is 1.22 bits per heavy atom. The molecule has 0 bridgehead atoms. The van der Waals surface area contributed by atoms with Crippen molar-refractivity contribution in [2.75, 3.05) is 21.3 Å². The number of imide groups is 2. The summed E-state index contributed by atoms with van der Waals surface area (Å²) in [5, 5.41) is 0. The molecule has 0 spiro atoms. The maximum absolute atomic E-state index is 13.8. The molecule has 0 radical (unpaired) electrons. The highest BCUT2D eigenvalue weighted by molar-refractivity contribution is 6.36. The van der Waals surface area contributed by atoms with Crippen LogP contribution in [0.5, 0.6) is 0 Å². The zero-order valence-corrected chi connectivity index (χ0v) is 28.7. The van der Waals surface area contributed by atoms with Gasteiger partial charge < -0.3 is 11.5 Å². The third-order valence-corrected chi connectivity index (χ3v) is 10.1. The number of para-hydroxylation sites is 1. The SMILES string of the molecule is Nc1ccc(-c2ccc3c(c2)C(=O)N(c2ccc(-c4ccc(-c5ccccc5N5C(=O)c6ccc(-c7ccc(N)cc7)cc6C5=O)cc4)cc2)C3=O)cc1. The lowest BCUT2D eigenvalue weighted by atomic mass is 9.98. The quantitative estimate of drug-likeness (QED) is 0.132. The van der Waals surface area contributed by atoms with Gasteiger partial charge in [-0.3, -0.25) is 19.2 Å². The predicted molar refractivity (Wildman–Crippen MR) is 212 cm³/mol. The van der Waals surface area contributed by atoms with Gasteiger partial charge in [0.1, 0.15) is 0 Å². The maximum atomic E-state index is 13.8.